The second kappa shape index (κ2) is 7.56. The summed E-state index contributed by atoms with van der Waals surface area (Å²) in [6.07, 6.45) is 2.12. The lowest BCUT2D eigenvalue weighted by molar-refractivity contribution is -0.150. The second-order valence-corrected chi connectivity index (χ2v) is 7.28. The van der Waals surface area contributed by atoms with Crippen LogP contribution in [0.1, 0.15) is 61.8 Å². The molecule has 0 aromatic carbocycles. The zero-order valence-corrected chi connectivity index (χ0v) is 15.0. The van der Waals surface area contributed by atoms with Crippen LogP contribution < -0.4 is 0 Å². The molecule has 0 amide bonds. The van der Waals surface area contributed by atoms with Crippen molar-refractivity contribution in [3.05, 3.63) is 11.6 Å². The van der Waals surface area contributed by atoms with Gasteiger partial charge in [0.05, 0.1) is 0 Å². The normalized spacial score (nSPS) is 14.3. The summed E-state index contributed by atoms with van der Waals surface area (Å²) in [5.74, 6) is -1.57. The Kier molecular flexibility index (Phi) is 7.00. The van der Waals surface area contributed by atoms with Crippen LogP contribution in [0.5, 0.6) is 0 Å². The van der Waals surface area contributed by atoms with Crippen molar-refractivity contribution in [2.45, 2.75) is 73.0 Å². The first kappa shape index (κ1) is 20.3. The smallest absolute Gasteiger partial charge is 0.353 e. The van der Waals surface area contributed by atoms with E-state index >= 15 is 0 Å². The number of hydrogen-bond acceptors (Lipinski definition) is 5. The third kappa shape index (κ3) is 7.96. The summed E-state index contributed by atoms with van der Waals surface area (Å²) in [6, 6.07) is 0. The standard InChI is InChI=1S/C17H29NO4/c1-9-12(13(18)15(20)22-17(6,7)8)10-11(2)14(19)21-16(3,4)5/h10,12,18H,9H2,1-8H3. The summed E-state index contributed by atoms with van der Waals surface area (Å²) >= 11 is 0. The minimum absolute atomic E-state index is 0.152. The summed E-state index contributed by atoms with van der Waals surface area (Å²) in [5, 5.41) is 7.97. The van der Waals surface area contributed by atoms with Gasteiger partial charge in [-0.25, -0.2) is 9.59 Å². The zero-order valence-electron chi connectivity index (χ0n) is 15.0. The van der Waals surface area contributed by atoms with E-state index in [1.807, 2.05) is 6.92 Å². The van der Waals surface area contributed by atoms with Gasteiger partial charge in [-0.15, -0.1) is 0 Å². The molecule has 0 rings (SSSR count). The Morgan fingerprint density at radius 3 is 1.77 bits per heavy atom. The number of carbonyl (C=O) groups is 2. The predicted octanol–water partition coefficient (Wildman–Crippen LogP) is 3.66. The molecule has 0 fully saturated rings. The van der Waals surface area contributed by atoms with Crippen LogP contribution in [0.3, 0.4) is 0 Å². The minimum atomic E-state index is -0.660. The first-order chi connectivity index (χ1) is 9.76. The number of nitrogens with one attached hydrogen (secondary N) is 1. The van der Waals surface area contributed by atoms with Gasteiger partial charge in [0.2, 0.25) is 0 Å². The maximum absolute atomic E-state index is 12.0. The van der Waals surface area contributed by atoms with Gasteiger partial charge >= 0.3 is 11.9 Å². The molecule has 0 heterocycles. The number of ether oxygens (including phenoxy) is 2. The first-order valence-corrected chi connectivity index (χ1v) is 7.50. The van der Waals surface area contributed by atoms with Crippen LogP contribution in [0.2, 0.25) is 0 Å². The van der Waals surface area contributed by atoms with Gasteiger partial charge in [0.15, 0.2) is 0 Å². The largest absolute Gasteiger partial charge is 0.457 e. The Balaban J connectivity index is 5.04. The highest BCUT2D eigenvalue weighted by Gasteiger charge is 2.25. The molecule has 0 aliphatic heterocycles. The molecule has 0 spiro atoms. The first-order valence-electron chi connectivity index (χ1n) is 7.50. The molecule has 0 saturated heterocycles. The van der Waals surface area contributed by atoms with Crippen LogP contribution in [-0.4, -0.2) is 28.9 Å². The molecule has 0 bridgehead atoms. The van der Waals surface area contributed by atoms with Gasteiger partial charge in [-0.05, 0) is 54.9 Å². The Hall–Kier alpha value is -1.65. The quantitative estimate of drug-likeness (QED) is 0.477. The van der Waals surface area contributed by atoms with Crippen LogP contribution in [-0.2, 0) is 19.1 Å². The van der Waals surface area contributed by atoms with Gasteiger partial charge in [-0.3, -0.25) is 5.41 Å². The maximum atomic E-state index is 12.0. The van der Waals surface area contributed by atoms with E-state index in [2.05, 4.69) is 0 Å². The molecule has 0 aromatic heterocycles. The van der Waals surface area contributed by atoms with E-state index in [1.165, 1.54) is 0 Å². The molecule has 0 radical (unpaired) electrons. The molecular formula is C17H29NO4. The van der Waals surface area contributed by atoms with Crippen molar-refractivity contribution < 1.29 is 19.1 Å². The van der Waals surface area contributed by atoms with Crippen molar-refractivity contribution in [2.24, 2.45) is 5.92 Å². The van der Waals surface area contributed by atoms with Crippen molar-refractivity contribution in [1.82, 2.24) is 0 Å². The van der Waals surface area contributed by atoms with Crippen LogP contribution >= 0.6 is 0 Å². The van der Waals surface area contributed by atoms with Crippen molar-refractivity contribution in [1.29, 1.82) is 5.41 Å². The van der Waals surface area contributed by atoms with Crippen LogP contribution in [0.15, 0.2) is 11.6 Å². The van der Waals surface area contributed by atoms with Crippen molar-refractivity contribution in [3.8, 4) is 0 Å². The summed E-state index contributed by atoms with van der Waals surface area (Å²) in [5.41, 5.74) is -0.992. The fraction of sp³-hybridized carbons (Fsp3) is 0.706. The topological polar surface area (TPSA) is 76.5 Å². The van der Waals surface area contributed by atoms with Gasteiger partial charge in [-0.1, -0.05) is 13.0 Å². The molecule has 0 aromatic rings. The van der Waals surface area contributed by atoms with E-state index in [9.17, 15) is 9.59 Å². The SMILES string of the molecule is CCC(C=C(C)C(=O)OC(C)(C)C)C(=N)C(=O)OC(C)(C)C. The van der Waals surface area contributed by atoms with Crippen LogP contribution in [0, 0.1) is 11.3 Å². The van der Waals surface area contributed by atoms with Crippen LogP contribution in [0.25, 0.3) is 0 Å². The Bertz CT molecular complexity index is 464. The lowest BCUT2D eigenvalue weighted by Crippen LogP contribution is -2.32. The molecule has 126 valence electrons. The third-order valence-corrected chi connectivity index (χ3v) is 2.60. The fourth-order valence-corrected chi connectivity index (χ4v) is 1.62. The maximum Gasteiger partial charge on any atom is 0.353 e. The lowest BCUT2D eigenvalue weighted by Gasteiger charge is -2.22. The van der Waals surface area contributed by atoms with Gasteiger partial charge in [-0.2, -0.15) is 0 Å². The Morgan fingerprint density at radius 2 is 1.41 bits per heavy atom. The number of esters is 2. The second-order valence-electron chi connectivity index (χ2n) is 7.28. The van der Waals surface area contributed by atoms with Gasteiger partial charge in [0.25, 0.3) is 0 Å². The Morgan fingerprint density at radius 1 is 1.00 bits per heavy atom. The third-order valence-electron chi connectivity index (χ3n) is 2.60. The van der Waals surface area contributed by atoms with Crippen molar-refractivity contribution >= 4 is 17.7 Å². The van der Waals surface area contributed by atoms with Gasteiger partial charge < -0.3 is 9.47 Å². The lowest BCUT2D eigenvalue weighted by atomic mass is 9.97. The average Bonchev–Trinajstić information content (AvgIpc) is 2.30. The number of carbonyl (C=O) groups excluding carboxylic acids is 2. The summed E-state index contributed by atoms with van der Waals surface area (Å²) < 4.78 is 10.5. The summed E-state index contributed by atoms with van der Waals surface area (Å²) in [6.45, 7) is 14.1. The van der Waals surface area contributed by atoms with E-state index in [0.717, 1.165) is 0 Å². The summed E-state index contributed by atoms with van der Waals surface area (Å²) in [7, 11) is 0. The molecule has 1 atom stereocenters. The molecule has 5 heteroatoms. The van der Waals surface area contributed by atoms with Crippen molar-refractivity contribution in [3.63, 3.8) is 0 Å². The Labute approximate surface area is 133 Å². The number of allylic oxidation sites excluding steroid dienone is 1. The van der Waals surface area contributed by atoms with E-state index in [1.54, 1.807) is 54.5 Å². The predicted molar refractivity (Wildman–Crippen MR) is 87.0 cm³/mol. The molecule has 0 saturated carbocycles. The minimum Gasteiger partial charge on any atom is -0.457 e. The molecule has 0 aliphatic carbocycles. The van der Waals surface area contributed by atoms with E-state index in [-0.39, 0.29) is 5.71 Å². The number of rotatable bonds is 5. The van der Waals surface area contributed by atoms with Gasteiger partial charge in [0, 0.05) is 11.5 Å². The van der Waals surface area contributed by atoms with Crippen LogP contribution in [0.4, 0.5) is 0 Å². The monoisotopic (exact) mass is 311 g/mol. The highest BCUT2D eigenvalue weighted by atomic mass is 16.6. The van der Waals surface area contributed by atoms with E-state index in [0.29, 0.717) is 12.0 Å². The molecule has 1 N–H and O–H groups in total. The summed E-state index contributed by atoms with van der Waals surface area (Å²) in [4.78, 5) is 23.9. The molecule has 5 nitrogen and oxygen atoms in total. The molecule has 22 heavy (non-hydrogen) atoms. The van der Waals surface area contributed by atoms with Crippen molar-refractivity contribution in [2.75, 3.05) is 0 Å². The molecular weight excluding hydrogens is 282 g/mol. The van der Waals surface area contributed by atoms with E-state index < -0.39 is 29.1 Å². The molecule has 1 unspecified atom stereocenters. The molecule has 0 aliphatic rings. The van der Waals surface area contributed by atoms with E-state index in [4.69, 9.17) is 14.9 Å². The highest BCUT2D eigenvalue weighted by molar-refractivity contribution is 6.36. The average molecular weight is 311 g/mol. The number of hydrogen-bond donors (Lipinski definition) is 1. The highest BCUT2D eigenvalue weighted by Crippen LogP contribution is 2.17. The zero-order chi connectivity index (χ0) is 17.7. The van der Waals surface area contributed by atoms with Gasteiger partial charge in [0.1, 0.15) is 16.9 Å². The fourth-order valence-electron chi connectivity index (χ4n) is 1.62.